The second kappa shape index (κ2) is 9.59. The summed E-state index contributed by atoms with van der Waals surface area (Å²) in [5.74, 6) is 0.0939. The minimum Gasteiger partial charge on any atom is -0.339 e. The van der Waals surface area contributed by atoms with Gasteiger partial charge in [-0.15, -0.1) is 0 Å². The fourth-order valence-corrected chi connectivity index (χ4v) is 3.48. The second-order valence-electron chi connectivity index (χ2n) is 4.89. The van der Waals surface area contributed by atoms with Gasteiger partial charge < -0.3 is 9.80 Å². The van der Waals surface area contributed by atoms with Gasteiger partial charge in [0.25, 0.3) is 5.91 Å². The Kier molecular flexibility index (Phi) is 8.52. The molecular formula is C16H24Br2N2O. The molecule has 0 radical (unpaired) electrons. The van der Waals surface area contributed by atoms with Crippen molar-refractivity contribution >= 4 is 37.8 Å². The van der Waals surface area contributed by atoms with Crippen LogP contribution in [0.25, 0.3) is 0 Å². The Labute approximate surface area is 144 Å². The van der Waals surface area contributed by atoms with Gasteiger partial charge in [-0.05, 0) is 67.1 Å². The van der Waals surface area contributed by atoms with Crippen molar-refractivity contribution in [3.8, 4) is 0 Å². The number of rotatable bonds is 8. The van der Waals surface area contributed by atoms with Crippen LogP contribution in [-0.2, 0) is 0 Å². The Morgan fingerprint density at radius 1 is 1.05 bits per heavy atom. The molecule has 118 valence electrons. The molecule has 0 N–H and O–H groups in total. The van der Waals surface area contributed by atoms with Crippen LogP contribution in [-0.4, -0.2) is 48.4 Å². The van der Waals surface area contributed by atoms with E-state index >= 15 is 0 Å². The lowest BCUT2D eigenvalue weighted by Gasteiger charge is -2.24. The molecule has 3 nitrogen and oxygen atoms in total. The van der Waals surface area contributed by atoms with E-state index in [4.69, 9.17) is 0 Å². The summed E-state index contributed by atoms with van der Waals surface area (Å²) in [6.07, 6.45) is 1.01. The quantitative estimate of drug-likeness (QED) is 0.623. The van der Waals surface area contributed by atoms with Crippen LogP contribution in [0.2, 0.25) is 0 Å². The van der Waals surface area contributed by atoms with Crippen LogP contribution in [0.15, 0.2) is 27.1 Å². The Hall–Kier alpha value is -0.390. The number of halogens is 2. The first-order valence-electron chi connectivity index (χ1n) is 7.50. The molecule has 0 spiro atoms. The molecule has 0 aliphatic carbocycles. The number of hydrogen-bond acceptors (Lipinski definition) is 2. The average molecular weight is 420 g/mol. The van der Waals surface area contributed by atoms with Gasteiger partial charge in [0.1, 0.15) is 0 Å². The summed E-state index contributed by atoms with van der Waals surface area (Å²) in [4.78, 5) is 16.9. The monoisotopic (exact) mass is 418 g/mol. The largest absolute Gasteiger partial charge is 0.339 e. The lowest BCUT2D eigenvalue weighted by atomic mass is 10.2. The van der Waals surface area contributed by atoms with Gasteiger partial charge in [0, 0.05) is 22.0 Å². The molecule has 5 heteroatoms. The van der Waals surface area contributed by atoms with E-state index in [1.165, 1.54) is 0 Å². The van der Waals surface area contributed by atoms with Gasteiger partial charge in [-0.1, -0.05) is 29.8 Å². The van der Waals surface area contributed by atoms with Crippen molar-refractivity contribution in [3.05, 3.63) is 32.7 Å². The van der Waals surface area contributed by atoms with Crippen LogP contribution < -0.4 is 0 Å². The zero-order valence-corrected chi connectivity index (χ0v) is 16.2. The third-order valence-corrected chi connectivity index (χ3v) is 4.78. The predicted molar refractivity (Wildman–Crippen MR) is 95.8 cm³/mol. The molecule has 0 saturated carbocycles. The summed E-state index contributed by atoms with van der Waals surface area (Å²) < 4.78 is 1.81. The lowest BCUT2D eigenvalue weighted by Crippen LogP contribution is -2.34. The van der Waals surface area contributed by atoms with Gasteiger partial charge in [-0.2, -0.15) is 0 Å². The van der Waals surface area contributed by atoms with E-state index in [1.807, 2.05) is 30.0 Å². The highest BCUT2D eigenvalue weighted by molar-refractivity contribution is 9.11. The van der Waals surface area contributed by atoms with Crippen LogP contribution in [0.1, 0.15) is 37.6 Å². The fraction of sp³-hybridized carbons (Fsp3) is 0.562. The number of benzene rings is 1. The molecule has 0 saturated heterocycles. The third-order valence-electron chi connectivity index (χ3n) is 3.63. The smallest absolute Gasteiger partial charge is 0.254 e. The SMILES string of the molecule is CCN(CC)CCCN(CC)C(=O)c1ccc(Br)cc1Br. The highest BCUT2D eigenvalue weighted by atomic mass is 79.9. The normalized spacial score (nSPS) is 11.0. The molecule has 0 aromatic heterocycles. The molecule has 1 amide bonds. The third kappa shape index (κ3) is 5.72. The molecule has 1 aromatic carbocycles. The molecule has 21 heavy (non-hydrogen) atoms. The highest BCUT2D eigenvalue weighted by Gasteiger charge is 2.17. The van der Waals surface area contributed by atoms with Gasteiger partial charge >= 0.3 is 0 Å². The van der Waals surface area contributed by atoms with E-state index in [2.05, 4.69) is 50.6 Å². The average Bonchev–Trinajstić information content (AvgIpc) is 2.47. The predicted octanol–water partition coefficient (Wildman–Crippen LogP) is 4.41. The van der Waals surface area contributed by atoms with Gasteiger partial charge in [0.05, 0.1) is 5.56 Å². The second-order valence-corrected chi connectivity index (χ2v) is 6.66. The van der Waals surface area contributed by atoms with Crippen molar-refractivity contribution in [1.82, 2.24) is 9.80 Å². The Morgan fingerprint density at radius 3 is 2.24 bits per heavy atom. The summed E-state index contributed by atoms with van der Waals surface area (Å²) in [6.45, 7) is 11.1. The standard InChI is InChI=1S/C16H24Br2N2O/c1-4-19(5-2)10-7-11-20(6-3)16(21)14-9-8-13(17)12-15(14)18/h8-9,12H,4-7,10-11H2,1-3H3. The maximum absolute atomic E-state index is 12.6. The van der Waals surface area contributed by atoms with E-state index < -0.39 is 0 Å². The van der Waals surface area contributed by atoms with Crippen molar-refractivity contribution in [1.29, 1.82) is 0 Å². The molecule has 0 fully saturated rings. The van der Waals surface area contributed by atoms with Crippen molar-refractivity contribution < 1.29 is 4.79 Å². The first kappa shape index (κ1) is 18.7. The summed E-state index contributed by atoms with van der Waals surface area (Å²) in [5.41, 5.74) is 0.725. The first-order chi connectivity index (χ1) is 10.0. The maximum Gasteiger partial charge on any atom is 0.254 e. The van der Waals surface area contributed by atoms with E-state index in [0.29, 0.717) is 0 Å². The van der Waals surface area contributed by atoms with Crippen LogP contribution in [0.4, 0.5) is 0 Å². The molecule has 1 rings (SSSR count). The Bertz CT molecular complexity index is 462. The van der Waals surface area contributed by atoms with E-state index in [1.54, 1.807) is 0 Å². The topological polar surface area (TPSA) is 23.6 Å². The molecule has 0 bridgehead atoms. The van der Waals surface area contributed by atoms with Crippen molar-refractivity contribution in [2.45, 2.75) is 27.2 Å². The van der Waals surface area contributed by atoms with Gasteiger partial charge in [-0.3, -0.25) is 4.79 Å². The van der Waals surface area contributed by atoms with Gasteiger partial charge in [-0.25, -0.2) is 0 Å². The van der Waals surface area contributed by atoms with Crippen molar-refractivity contribution in [2.24, 2.45) is 0 Å². The number of carbonyl (C=O) groups is 1. The van der Waals surface area contributed by atoms with E-state index in [9.17, 15) is 4.79 Å². The van der Waals surface area contributed by atoms with Crippen LogP contribution >= 0.6 is 31.9 Å². The number of carbonyl (C=O) groups excluding carboxylic acids is 1. The van der Waals surface area contributed by atoms with E-state index in [-0.39, 0.29) is 5.91 Å². The number of amides is 1. The molecule has 1 aromatic rings. The highest BCUT2D eigenvalue weighted by Crippen LogP contribution is 2.23. The molecule has 0 unspecified atom stereocenters. The summed E-state index contributed by atoms with van der Waals surface area (Å²) >= 11 is 6.89. The zero-order chi connectivity index (χ0) is 15.8. The fourth-order valence-electron chi connectivity index (χ4n) is 2.26. The minimum atomic E-state index is 0.0939. The zero-order valence-electron chi connectivity index (χ0n) is 13.0. The number of nitrogens with zero attached hydrogens (tertiary/aromatic N) is 2. The van der Waals surface area contributed by atoms with Crippen LogP contribution in [0.5, 0.6) is 0 Å². The summed E-state index contributed by atoms with van der Waals surface area (Å²) in [7, 11) is 0. The Morgan fingerprint density at radius 2 is 1.71 bits per heavy atom. The van der Waals surface area contributed by atoms with Gasteiger partial charge in [0.15, 0.2) is 0 Å². The Balaban J connectivity index is 2.64. The minimum absolute atomic E-state index is 0.0939. The van der Waals surface area contributed by atoms with Crippen molar-refractivity contribution in [3.63, 3.8) is 0 Å². The molecule has 0 aliphatic rings. The summed E-state index contributed by atoms with van der Waals surface area (Å²) in [6, 6.07) is 5.68. The molecule has 0 heterocycles. The van der Waals surface area contributed by atoms with Gasteiger partial charge in [0.2, 0.25) is 0 Å². The molecule has 0 aliphatic heterocycles. The first-order valence-corrected chi connectivity index (χ1v) is 9.08. The van der Waals surface area contributed by atoms with Crippen molar-refractivity contribution in [2.75, 3.05) is 32.7 Å². The van der Waals surface area contributed by atoms with Crippen LogP contribution in [0.3, 0.4) is 0 Å². The lowest BCUT2D eigenvalue weighted by molar-refractivity contribution is 0.0756. The van der Waals surface area contributed by atoms with E-state index in [0.717, 1.165) is 53.7 Å². The molecular weight excluding hydrogens is 396 g/mol. The molecule has 0 atom stereocenters. The number of hydrogen-bond donors (Lipinski definition) is 0. The maximum atomic E-state index is 12.6. The van der Waals surface area contributed by atoms with Crippen LogP contribution in [0, 0.1) is 0 Å². The summed E-state index contributed by atoms with van der Waals surface area (Å²) in [5, 5.41) is 0.